The first-order valence-electron chi connectivity index (χ1n) is 9.55. The zero-order chi connectivity index (χ0) is 21.3. The molecule has 0 unspecified atom stereocenters. The van der Waals surface area contributed by atoms with Gasteiger partial charge in [-0.15, -0.1) is 0 Å². The van der Waals surface area contributed by atoms with E-state index in [1.807, 2.05) is 12.1 Å². The Bertz CT molecular complexity index is 971. The number of rotatable bonds is 8. The Morgan fingerprint density at radius 3 is 2.27 bits per heavy atom. The Labute approximate surface area is 175 Å². The zero-order valence-electron chi connectivity index (χ0n) is 16.6. The summed E-state index contributed by atoms with van der Waals surface area (Å²) in [6.07, 6.45) is 0.592. The molecule has 30 heavy (non-hydrogen) atoms. The molecule has 0 radical (unpaired) electrons. The molecule has 7 nitrogen and oxygen atoms in total. The fourth-order valence-corrected chi connectivity index (χ4v) is 3.04. The molecule has 0 fully saturated rings. The average molecular weight is 406 g/mol. The van der Waals surface area contributed by atoms with Crippen molar-refractivity contribution in [1.82, 2.24) is 10.2 Å². The first kappa shape index (κ1) is 20.9. The van der Waals surface area contributed by atoms with Gasteiger partial charge in [-0.25, -0.2) is 0 Å². The molecule has 1 heterocycles. The third kappa shape index (κ3) is 4.97. The number of carbonyl (C=O) groups excluding carboxylic acids is 3. The minimum atomic E-state index is -0.308. The second-order valence-corrected chi connectivity index (χ2v) is 6.48. The monoisotopic (exact) mass is 406 g/mol. The van der Waals surface area contributed by atoms with Crippen LogP contribution < -0.4 is 14.8 Å². The molecule has 0 aliphatic carbocycles. The number of benzene rings is 2. The Hall–Kier alpha value is -3.79. The van der Waals surface area contributed by atoms with E-state index in [9.17, 15) is 14.4 Å². The molecule has 0 bridgehead atoms. The summed E-state index contributed by atoms with van der Waals surface area (Å²) in [5.74, 6) is 6.07. The van der Waals surface area contributed by atoms with E-state index in [0.717, 1.165) is 0 Å². The maximum Gasteiger partial charge on any atom is 0.261 e. The fourth-order valence-electron chi connectivity index (χ4n) is 3.04. The molecule has 0 saturated heterocycles. The smallest absolute Gasteiger partial charge is 0.261 e. The Morgan fingerprint density at radius 2 is 1.60 bits per heavy atom. The highest BCUT2D eigenvalue weighted by Crippen LogP contribution is 2.25. The second kappa shape index (κ2) is 10.1. The summed E-state index contributed by atoms with van der Waals surface area (Å²) in [5, 5.41) is 2.69. The molecule has 2 aromatic rings. The maximum absolute atomic E-state index is 12.3. The van der Waals surface area contributed by atoms with Gasteiger partial charge in [-0.05, 0) is 30.7 Å². The molecule has 7 heteroatoms. The first-order valence-corrected chi connectivity index (χ1v) is 9.55. The van der Waals surface area contributed by atoms with Gasteiger partial charge in [0.2, 0.25) is 5.91 Å². The predicted octanol–water partition coefficient (Wildman–Crippen LogP) is 2.27. The van der Waals surface area contributed by atoms with Crippen molar-refractivity contribution < 1.29 is 23.9 Å². The Kier molecular flexibility index (Phi) is 7.06. The largest absolute Gasteiger partial charge is 0.493 e. The highest BCUT2D eigenvalue weighted by molar-refractivity contribution is 6.21. The van der Waals surface area contributed by atoms with Gasteiger partial charge >= 0.3 is 0 Å². The lowest BCUT2D eigenvalue weighted by molar-refractivity contribution is -0.121. The van der Waals surface area contributed by atoms with Crippen LogP contribution in [0, 0.1) is 11.8 Å². The normalized spacial score (nSPS) is 12.1. The number of nitrogens with one attached hydrogen (secondary N) is 1. The average Bonchev–Trinajstić information content (AvgIpc) is 3.01. The van der Waals surface area contributed by atoms with Crippen molar-refractivity contribution in [2.24, 2.45) is 0 Å². The third-order valence-corrected chi connectivity index (χ3v) is 4.53. The molecule has 2 aromatic carbocycles. The van der Waals surface area contributed by atoms with Crippen LogP contribution in [0.1, 0.15) is 33.6 Å². The van der Waals surface area contributed by atoms with Crippen LogP contribution >= 0.6 is 0 Å². The number of hydrogen-bond acceptors (Lipinski definition) is 5. The van der Waals surface area contributed by atoms with E-state index in [2.05, 4.69) is 17.2 Å². The number of imide groups is 1. The van der Waals surface area contributed by atoms with E-state index in [-0.39, 0.29) is 43.8 Å². The highest BCUT2D eigenvalue weighted by atomic mass is 16.5. The van der Waals surface area contributed by atoms with Crippen LogP contribution in [-0.2, 0) is 4.79 Å². The predicted molar refractivity (Wildman–Crippen MR) is 110 cm³/mol. The summed E-state index contributed by atoms with van der Waals surface area (Å²) in [7, 11) is 1.57. The lowest BCUT2D eigenvalue weighted by Gasteiger charge is -2.13. The van der Waals surface area contributed by atoms with Gasteiger partial charge in [0.25, 0.3) is 11.8 Å². The molecule has 1 aliphatic heterocycles. The van der Waals surface area contributed by atoms with Crippen molar-refractivity contribution >= 4 is 17.7 Å². The zero-order valence-corrected chi connectivity index (χ0v) is 16.6. The van der Waals surface area contributed by atoms with Crippen LogP contribution in [-0.4, -0.2) is 49.4 Å². The summed E-state index contributed by atoms with van der Waals surface area (Å²) in [6, 6.07) is 14.0. The molecule has 0 spiro atoms. The van der Waals surface area contributed by atoms with E-state index >= 15 is 0 Å². The number of carbonyl (C=O) groups is 3. The van der Waals surface area contributed by atoms with Crippen LogP contribution in [0.15, 0.2) is 48.5 Å². The SMILES string of the molecule is COc1ccccc1OCC#CCNC(=O)CCCN1C(=O)c2ccccc2C1=O. The fraction of sp³-hybridized carbons (Fsp3) is 0.261. The van der Waals surface area contributed by atoms with Crippen molar-refractivity contribution in [3.63, 3.8) is 0 Å². The van der Waals surface area contributed by atoms with Gasteiger partial charge in [-0.3, -0.25) is 19.3 Å². The summed E-state index contributed by atoms with van der Waals surface area (Å²) in [4.78, 5) is 37.6. The highest BCUT2D eigenvalue weighted by Gasteiger charge is 2.34. The Balaban J connectivity index is 1.34. The van der Waals surface area contributed by atoms with Gasteiger partial charge in [-0.2, -0.15) is 0 Å². The minimum Gasteiger partial charge on any atom is -0.493 e. The summed E-state index contributed by atoms with van der Waals surface area (Å²) >= 11 is 0. The second-order valence-electron chi connectivity index (χ2n) is 6.48. The minimum absolute atomic E-state index is 0.177. The standard InChI is InChI=1S/C23H22N2O5/c1-29-19-11-4-5-12-20(19)30-16-7-6-14-24-21(26)13-8-15-25-22(27)17-9-2-3-10-18(17)23(25)28/h2-5,9-12H,8,13-16H2,1H3,(H,24,26). The molecular weight excluding hydrogens is 384 g/mol. The number of fused-ring (bicyclic) bond motifs is 1. The van der Waals surface area contributed by atoms with Crippen LogP contribution in [0.4, 0.5) is 0 Å². The van der Waals surface area contributed by atoms with Crippen LogP contribution in [0.25, 0.3) is 0 Å². The van der Waals surface area contributed by atoms with Crippen molar-refractivity contribution in [2.75, 3.05) is 26.8 Å². The first-order chi connectivity index (χ1) is 14.6. The molecule has 1 aliphatic rings. The molecule has 3 amide bonds. The van der Waals surface area contributed by atoms with Crippen molar-refractivity contribution in [2.45, 2.75) is 12.8 Å². The van der Waals surface area contributed by atoms with Crippen molar-refractivity contribution in [3.8, 4) is 23.3 Å². The van der Waals surface area contributed by atoms with Gasteiger partial charge in [0.1, 0.15) is 6.61 Å². The molecule has 154 valence electrons. The number of nitrogens with zero attached hydrogens (tertiary/aromatic N) is 1. The van der Waals surface area contributed by atoms with Crippen molar-refractivity contribution in [3.05, 3.63) is 59.7 Å². The lowest BCUT2D eigenvalue weighted by Crippen LogP contribution is -2.32. The lowest BCUT2D eigenvalue weighted by atomic mass is 10.1. The number of methoxy groups -OCH3 is 1. The van der Waals surface area contributed by atoms with Crippen molar-refractivity contribution in [1.29, 1.82) is 0 Å². The number of para-hydroxylation sites is 2. The summed E-state index contributed by atoms with van der Waals surface area (Å²) < 4.78 is 10.7. The molecule has 0 saturated carbocycles. The Morgan fingerprint density at radius 1 is 0.967 bits per heavy atom. The molecule has 3 rings (SSSR count). The maximum atomic E-state index is 12.3. The van der Waals surface area contributed by atoms with Gasteiger partial charge < -0.3 is 14.8 Å². The molecule has 0 atom stereocenters. The van der Waals surface area contributed by atoms with Crippen LogP contribution in [0.2, 0.25) is 0 Å². The number of amides is 3. The van der Waals surface area contributed by atoms with Crippen LogP contribution in [0.5, 0.6) is 11.5 Å². The van der Waals surface area contributed by atoms with Gasteiger partial charge in [-0.1, -0.05) is 36.1 Å². The van der Waals surface area contributed by atoms with E-state index in [4.69, 9.17) is 9.47 Å². The van der Waals surface area contributed by atoms with E-state index in [0.29, 0.717) is 29.0 Å². The van der Waals surface area contributed by atoms with E-state index in [1.165, 1.54) is 4.90 Å². The molecule has 1 N–H and O–H groups in total. The number of ether oxygens (including phenoxy) is 2. The van der Waals surface area contributed by atoms with Gasteiger partial charge in [0, 0.05) is 13.0 Å². The summed E-state index contributed by atoms with van der Waals surface area (Å²) in [6.45, 7) is 0.579. The van der Waals surface area contributed by atoms with Crippen LogP contribution in [0.3, 0.4) is 0 Å². The molecule has 0 aromatic heterocycles. The van der Waals surface area contributed by atoms with Gasteiger partial charge in [0.05, 0.1) is 24.8 Å². The van der Waals surface area contributed by atoms with Gasteiger partial charge in [0.15, 0.2) is 11.5 Å². The quantitative estimate of drug-likeness (QED) is 0.537. The molecular formula is C23H22N2O5. The van der Waals surface area contributed by atoms with E-state index < -0.39 is 0 Å². The third-order valence-electron chi connectivity index (χ3n) is 4.53. The topological polar surface area (TPSA) is 84.9 Å². The van der Waals surface area contributed by atoms with E-state index in [1.54, 1.807) is 43.5 Å². The summed E-state index contributed by atoms with van der Waals surface area (Å²) in [5.41, 5.74) is 0.829. The number of hydrogen-bond donors (Lipinski definition) is 1.